The highest BCUT2D eigenvalue weighted by atomic mass is 32.0. The van der Waals surface area contributed by atoms with Gasteiger partial charge in [0.25, 0.3) is 0 Å². The third-order valence-electron chi connectivity index (χ3n) is 4.94. The molecule has 2 aliphatic rings. The molecular formula is C18H23BO4P2. The van der Waals surface area contributed by atoms with Gasteiger partial charge in [-0.15, -0.1) is 0 Å². The molecule has 3 rings (SSSR count). The van der Waals surface area contributed by atoms with Crippen molar-refractivity contribution in [2.24, 2.45) is 11.8 Å². The third-order valence-corrected chi connectivity index (χ3v) is 5.81. The van der Waals surface area contributed by atoms with Crippen LogP contribution in [-0.4, -0.2) is 37.0 Å². The van der Waals surface area contributed by atoms with Crippen LogP contribution in [0.2, 0.25) is 0 Å². The number of carbonyl (C=O) groups excluding carboxylic acids is 1. The minimum atomic E-state index is -1.05. The summed E-state index contributed by atoms with van der Waals surface area (Å²) < 4.78 is 11.2. The highest BCUT2D eigenvalue weighted by Gasteiger charge is 2.49. The third kappa shape index (κ3) is 5.14. The Morgan fingerprint density at radius 2 is 2.20 bits per heavy atom. The van der Waals surface area contributed by atoms with Crippen molar-refractivity contribution >= 4 is 30.2 Å². The van der Waals surface area contributed by atoms with Crippen molar-refractivity contribution in [1.29, 1.82) is 0 Å². The maximum atomic E-state index is 11.6. The second kappa shape index (κ2) is 8.78. The van der Waals surface area contributed by atoms with E-state index in [4.69, 9.17) is 16.8 Å². The molecule has 4 nitrogen and oxygen atoms in total. The van der Waals surface area contributed by atoms with E-state index < -0.39 is 13.8 Å². The first-order chi connectivity index (χ1) is 12.0. The van der Waals surface area contributed by atoms with Gasteiger partial charge in [0.2, 0.25) is 0 Å². The fourth-order valence-electron chi connectivity index (χ4n) is 3.75. The molecule has 7 atom stereocenters. The molecule has 1 aliphatic carbocycles. The van der Waals surface area contributed by atoms with Crippen molar-refractivity contribution in [3.05, 3.63) is 48.0 Å². The standard InChI is InChI=1S/C18H23BO4P2/c19-25(24)23-17-11-16-15(10-18(21)22-16)14(17)9-8-13(20)7-6-12-4-2-1-3-5-12/h1-5,8-9,13-17,20H,6-7,10-11,24H2/b9-8+/t13?,14?,15-,16+,17-,25?/m1/s1. The van der Waals surface area contributed by atoms with Crippen molar-refractivity contribution in [2.75, 3.05) is 0 Å². The smallest absolute Gasteiger partial charge is 0.306 e. The quantitative estimate of drug-likeness (QED) is 0.344. The lowest BCUT2D eigenvalue weighted by Crippen LogP contribution is -2.20. The number of carbonyl (C=O) groups is 1. The van der Waals surface area contributed by atoms with E-state index in [-0.39, 0.29) is 30.0 Å². The number of benzene rings is 1. The second-order valence-corrected chi connectivity index (χ2v) is 9.15. The van der Waals surface area contributed by atoms with Gasteiger partial charge in [-0.2, -0.15) is 0 Å². The predicted molar refractivity (Wildman–Crippen MR) is 103 cm³/mol. The zero-order valence-corrected chi connectivity index (χ0v) is 16.1. The predicted octanol–water partition coefficient (Wildman–Crippen LogP) is 3.14. The van der Waals surface area contributed by atoms with Gasteiger partial charge in [-0.3, -0.25) is 4.79 Å². The molecule has 0 aromatic heterocycles. The van der Waals surface area contributed by atoms with Crippen molar-refractivity contribution < 1.29 is 19.2 Å². The molecule has 4 unspecified atom stereocenters. The SMILES string of the molecule is [B]P(P)O[C@@H]1C[C@@H]2OC(=O)C[C@@H]2C1/C=C/C(O)CCc1ccccc1. The zero-order valence-electron chi connectivity index (χ0n) is 14.0. The molecule has 1 N–H and O–H groups in total. The number of ether oxygens (including phenoxy) is 1. The van der Waals surface area contributed by atoms with Crippen molar-refractivity contribution in [1.82, 2.24) is 0 Å². The molecule has 1 aromatic rings. The first-order valence-corrected chi connectivity index (χ1v) is 11.5. The van der Waals surface area contributed by atoms with Gasteiger partial charge in [-0.1, -0.05) is 51.4 Å². The van der Waals surface area contributed by atoms with Gasteiger partial charge >= 0.3 is 5.97 Å². The van der Waals surface area contributed by atoms with Gasteiger partial charge in [-0.05, 0) is 26.1 Å². The van der Waals surface area contributed by atoms with Gasteiger partial charge in [0.1, 0.15) is 6.10 Å². The lowest BCUT2D eigenvalue weighted by Gasteiger charge is -2.22. The van der Waals surface area contributed by atoms with Crippen LogP contribution in [0.4, 0.5) is 0 Å². The summed E-state index contributed by atoms with van der Waals surface area (Å²) in [7, 11) is 7.24. The minimum absolute atomic E-state index is 0.0527. The van der Waals surface area contributed by atoms with Crippen LogP contribution in [0.3, 0.4) is 0 Å². The fraction of sp³-hybridized carbons (Fsp3) is 0.500. The van der Waals surface area contributed by atoms with E-state index in [1.165, 1.54) is 5.56 Å². The van der Waals surface area contributed by atoms with Crippen LogP contribution in [0.25, 0.3) is 0 Å². The molecule has 132 valence electrons. The van der Waals surface area contributed by atoms with Crippen LogP contribution >= 0.6 is 16.6 Å². The number of aliphatic hydroxyl groups is 1. The normalized spacial score (nSPS) is 31.0. The van der Waals surface area contributed by atoms with Crippen LogP contribution in [-0.2, 0) is 20.5 Å². The monoisotopic (exact) mass is 376 g/mol. The van der Waals surface area contributed by atoms with Gasteiger partial charge < -0.3 is 14.4 Å². The highest BCUT2D eigenvalue weighted by molar-refractivity contribution is 8.23. The summed E-state index contributed by atoms with van der Waals surface area (Å²) in [5, 5.41) is 10.3. The van der Waals surface area contributed by atoms with E-state index in [1.807, 2.05) is 30.4 Å². The van der Waals surface area contributed by atoms with Crippen molar-refractivity contribution in [2.45, 2.75) is 44.0 Å². The fourth-order valence-corrected chi connectivity index (χ4v) is 4.75. The number of hydrogen-bond donors (Lipinski definition) is 1. The Hall–Kier alpha value is -0.725. The maximum absolute atomic E-state index is 11.6. The Kier molecular flexibility index (Phi) is 6.69. The van der Waals surface area contributed by atoms with E-state index in [0.29, 0.717) is 19.3 Å². The average molecular weight is 376 g/mol. The Labute approximate surface area is 153 Å². The molecule has 1 heterocycles. The molecule has 0 amide bonds. The molecular weight excluding hydrogens is 353 g/mol. The Balaban J connectivity index is 1.59. The topological polar surface area (TPSA) is 55.8 Å². The molecule has 2 fully saturated rings. The summed E-state index contributed by atoms with van der Waals surface area (Å²) >= 11 is 0. The highest BCUT2D eigenvalue weighted by Crippen LogP contribution is 2.50. The van der Waals surface area contributed by atoms with Crippen LogP contribution in [0.5, 0.6) is 0 Å². The van der Waals surface area contributed by atoms with Crippen LogP contribution in [0.1, 0.15) is 24.8 Å². The minimum Gasteiger partial charge on any atom is -0.462 e. The molecule has 1 aliphatic heterocycles. The van der Waals surface area contributed by atoms with Gasteiger partial charge in [-0.25, -0.2) is 0 Å². The van der Waals surface area contributed by atoms with Crippen LogP contribution in [0.15, 0.2) is 42.5 Å². The molecule has 2 radical (unpaired) electrons. The molecule has 1 saturated carbocycles. The zero-order chi connectivity index (χ0) is 17.8. The average Bonchev–Trinajstić information content (AvgIpc) is 3.07. The van der Waals surface area contributed by atoms with Gasteiger partial charge in [0.05, 0.1) is 18.6 Å². The van der Waals surface area contributed by atoms with Crippen LogP contribution < -0.4 is 0 Å². The first-order valence-electron chi connectivity index (χ1n) is 8.59. The lowest BCUT2D eigenvalue weighted by atomic mass is 9.91. The largest absolute Gasteiger partial charge is 0.462 e. The first kappa shape index (κ1) is 19.0. The molecule has 7 heteroatoms. The summed E-state index contributed by atoms with van der Waals surface area (Å²) in [5.41, 5.74) is 1.21. The van der Waals surface area contributed by atoms with E-state index in [2.05, 4.69) is 21.1 Å². The van der Waals surface area contributed by atoms with Crippen molar-refractivity contribution in [3.63, 3.8) is 0 Å². The van der Waals surface area contributed by atoms with Gasteiger partial charge in [0, 0.05) is 18.3 Å². The number of fused-ring (bicyclic) bond motifs is 1. The molecule has 0 bridgehead atoms. The summed E-state index contributed by atoms with van der Waals surface area (Å²) in [6.07, 6.45) is 5.73. The van der Waals surface area contributed by atoms with Crippen molar-refractivity contribution in [3.8, 4) is 0 Å². The number of rotatable bonds is 7. The second-order valence-electron chi connectivity index (χ2n) is 6.69. The summed E-state index contributed by atoms with van der Waals surface area (Å²) in [6, 6.07) is 10.1. The number of aryl methyl sites for hydroxylation is 1. The summed E-state index contributed by atoms with van der Waals surface area (Å²) in [5.74, 6) is 0.0318. The maximum Gasteiger partial charge on any atom is 0.306 e. The Morgan fingerprint density at radius 1 is 1.44 bits per heavy atom. The molecule has 25 heavy (non-hydrogen) atoms. The van der Waals surface area contributed by atoms with E-state index in [9.17, 15) is 9.90 Å². The summed E-state index contributed by atoms with van der Waals surface area (Å²) in [6.45, 7) is 0. The number of hydrogen-bond acceptors (Lipinski definition) is 4. The number of aliphatic hydroxyl groups excluding tert-OH is 1. The Bertz CT molecular complexity index is 610. The molecule has 0 spiro atoms. The Morgan fingerprint density at radius 3 is 2.92 bits per heavy atom. The molecule has 1 saturated heterocycles. The summed E-state index contributed by atoms with van der Waals surface area (Å²) in [4.78, 5) is 11.6. The van der Waals surface area contributed by atoms with E-state index in [0.717, 1.165) is 6.42 Å². The number of esters is 1. The van der Waals surface area contributed by atoms with Gasteiger partial charge in [0.15, 0.2) is 7.57 Å². The van der Waals surface area contributed by atoms with E-state index in [1.54, 1.807) is 0 Å². The van der Waals surface area contributed by atoms with Crippen LogP contribution in [0, 0.1) is 11.8 Å². The molecule has 1 aromatic carbocycles. The van der Waals surface area contributed by atoms with E-state index >= 15 is 0 Å². The lowest BCUT2D eigenvalue weighted by molar-refractivity contribution is -0.141.